The number of hydrogen-bond acceptors (Lipinski definition) is 3. The Morgan fingerprint density at radius 3 is 3.06 bits per heavy atom. The van der Waals surface area contributed by atoms with Crippen LogP contribution in [0, 0.1) is 5.82 Å². The van der Waals surface area contributed by atoms with Gasteiger partial charge in [-0.15, -0.1) is 0 Å². The minimum Gasteiger partial charge on any atom is -0.508 e. The van der Waals surface area contributed by atoms with Crippen LogP contribution >= 0.6 is 0 Å². The Hall–Kier alpha value is -1.13. The molecule has 0 aromatic heterocycles. The van der Waals surface area contributed by atoms with E-state index in [2.05, 4.69) is 10.2 Å². The number of nitrogens with zero attached hydrogens (tertiary/aromatic N) is 1. The van der Waals surface area contributed by atoms with Crippen molar-refractivity contribution in [3.05, 3.63) is 29.6 Å². The minimum absolute atomic E-state index is 0.179. The highest BCUT2D eigenvalue weighted by atomic mass is 19.1. The summed E-state index contributed by atoms with van der Waals surface area (Å²) in [5, 5.41) is 12.9. The Bertz CT molecular complexity index is 349. The van der Waals surface area contributed by atoms with Crippen molar-refractivity contribution in [2.75, 3.05) is 26.2 Å². The normalized spacial score (nSPS) is 18.3. The molecule has 1 fully saturated rings. The maximum absolute atomic E-state index is 13.0. The largest absolute Gasteiger partial charge is 0.508 e. The van der Waals surface area contributed by atoms with Gasteiger partial charge in [-0.3, -0.25) is 4.90 Å². The van der Waals surface area contributed by atoms with Gasteiger partial charge in [0.2, 0.25) is 0 Å². The van der Waals surface area contributed by atoms with E-state index in [1.807, 2.05) is 0 Å². The topological polar surface area (TPSA) is 35.5 Å². The molecule has 0 saturated carbocycles. The molecule has 0 unspecified atom stereocenters. The Labute approximate surface area is 94.9 Å². The standard InChI is InChI=1S/C12H17FN2O/c13-11-2-3-12(16)10(8-11)9-15-6-1-4-14-5-7-15/h2-3,8,14,16H,1,4-7,9H2. The quantitative estimate of drug-likeness (QED) is 0.795. The SMILES string of the molecule is Oc1ccc(F)cc1CN1CCCNCC1. The number of benzene rings is 1. The third kappa shape index (κ3) is 2.93. The summed E-state index contributed by atoms with van der Waals surface area (Å²) in [7, 11) is 0. The van der Waals surface area contributed by atoms with Crippen LogP contribution in [0.5, 0.6) is 5.75 Å². The molecule has 4 heteroatoms. The molecular weight excluding hydrogens is 207 g/mol. The van der Waals surface area contributed by atoms with Crippen molar-refractivity contribution in [3.63, 3.8) is 0 Å². The van der Waals surface area contributed by atoms with Crippen LogP contribution in [0.2, 0.25) is 0 Å². The summed E-state index contributed by atoms with van der Waals surface area (Å²) in [6.45, 7) is 4.53. The first-order chi connectivity index (χ1) is 7.75. The van der Waals surface area contributed by atoms with E-state index < -0.39 is 0 Å². The highest BCUT2D eigenvalue weighted by molar-refractivity contribution is 5.32. The van der Waals surface area contributed by atoms with Crippen LogP contribution in [-0.2, 0) is 6.54 Å². The summed E-state index contributed by atoms with van der Waals surface area (Å²) < 4.78 is 13.0. The van der Waals surface area contributed by atoms with E-state index in [0.717, 1.165) is 32.6 Å². The molecule has 0 amide bonds. The van der Waals surface area contributed by atoms with Gasteiger partial charge in [-0.1, -0.05) is 0 Å². The van der Waals surface area contributed by atoms with E-state index in [1.54, 1.807) is 0 Å². The number of nitrogens with one attached hydrogen (secondary N) is 1. The van der Waals surface area contributed by atoms with Crippen molar-refractivity contribution in [1.82, 2.24) is 10.2 Å². The third-order valence-corrected chi connectivity index (χ3v) is 2.87. The summed E-state index contributed by atoms with van der Waals surface area (Å²) in [5.74, 6) is -0.112. The van der Waals surface area contributed by atoms with Gasteiger partial charge in [0, 0.05) is 25.2 Å². The van der Waals surface area contributed by atoms with E-state index in [4.69, 9.17) is 0 Å². The van der Waals surface area contributed by atoms with Crippen LogP contribution in [0.25, 0.3) is 0 Å². The van der Waals surface area contributed by atoms with Crippen molar-refractivity contribution in [2.24, 2.45) is 0 Å². The molecule has 3 nitrogen and oxygen atoms in total. The van der Waals surface area contributed by atoms with E-state index in [0.29, 0.717) is 12.1 Å². The molecule has 1 aliphatic heterocycles. The van der Waals surface area contributed by atoms with Crippen LogP contribution in [0.15, 0.2) is 18.2 Å². The fourth-order valence-corrected chi connectivity index (χ4v) is 1.98. The van der Waals surface area contributed by atoms with Crippen LogP contribution in [0.3, 0.4) is 0 Å². The van der Waals surface area contributed by atoms with Crippen LogP contribution in [0.4, 0.5) is 4.39 Å². The van der Waals surface area contributed by atoms with E-state index in [1.165, 1.54) is 18.2 Å². The van der Waals surface area contributed by atoms with Gasteiger partial charge in [-0.25, -0.2) is 4.39 Å². The van der Waals surface area contributed by atoms with Gasteiger partial charge in [0.25, 0.3) is 0 Å². The molecule has 0 aliphatic carbocycles. The third-order valence-electron chi connectivity index (χ3n) is 2.87. The van der Waals surface area contributed by atoms with Gasteiger partial charge in [0.05, 0.1) is 0 Å². The molecular formula is C12H17FN2O. The van der Waals surface area contributed by atoms with Crippen LogP contribution < -0.4 is 5.32 Å². The monoisotopic (exact) mass is 224 g/mol. The second-order valence-electron chi connectivity index (χ2n) is 4.15. The molecule has 0 atom stereocenters. The molecule has 2 rings (SSSR count). The number of rotatable bonds is 2. The molecule has 88 valence electrons. The van der Waals surface area contributed by atoms with Crippen molar-refractivity contribution in [2.45, 2.75) is 13.0 Å². The van der Waals surface area contributed by atoms with Gasteiger partial charge in [0.1, 0.15) is 11.6 Å². The summed E-state index contributed by atoms with van der Waals surface area (Å²) >= 11 is 0. The fourth-order valence-electron chi connectivity index (χ4n) is 1.98. The number of halogens is 1. The lowest BCUT2D eigenvalue weighted by molar-refractivity contribution is 0.279. The van der Waals surface area contributed by atoms with Crippen molar-refractivity contribution >= 4 is 0 Å². The highest BCUT2D eigenvalue weighted by Crippen LogP contribution is 2.19. The first kappa shape index (κ1) is 11.4. The molecule has 1 aromatic rings. The Kier molecular flexibility index (Phi) is 3.74. The molecule has 1 saturated heterocycles. The number of phenolic OH excluding ortho intramolecular Hbond substituents is 1. The first-order valence-electron chi connectivity index (χ1n) is 5.66. The lowest BCUT2D eigenvalue weighted by Gasteiger charge is -2.19. The van der Waals surface area contributed by atoms with Crippen molar-refractivity contribution in [3.8, 4) is 5.75 Å². The second-order valence-corrected chi connectivity index (χ2v) is 4.15. The number of hydrogen-bond donors (Lipinski definition) is 2. The summed E-state index contributed by atoms with van der Waals surface area (Å²) in [6.07, 6.45) is 1.09. The van der Waals surface area contributed by atoms with E-state index in [9.17, 15) is 9.50 Å². The first-order valence-corrected chi connectivity index (χ1v) is 5.66. The number of aromatic hydroxyl groups is 1. The Balaban J connectivity index is 2.04. The van der Waals surface area contributed by atoms with Gasteiger partial charge in [0.15, 0.2) is 0 Å². The summed E-state index contributed by atoms with van der Waals surface area (Å²) in [6, 6.07) is 4.11. The van der Waals surface area contributed by atoms with E-state index >= 15 is 0 Å². The molecule has 2 N–H and O–H groups in total. The van der Waals surface area contributed by atoms with Gasteiger partial charge in [-0.05, 0) is 37.7 Å². The van der Waals surface area contributed by atoms with Gasteiger partial charge < -0.3 is 10.4 Å². The average Bonchev–Trinajstić information content (AvgIpc) is 2.52. The summed E-state index contributed by atoms with van der Waals surface area (Å²) in [4.78, 5) is 2.23. The second kappa shape index (κ2) is 5.27. The zero-order chi connectivity index (χ0) is 11.4. The highest BCUT2D eigenvalue weighted by Gasteiger charge is 2.11. The lowest BCUT2D eigenvalue weighted by atomic mass is 10.2. The molecule has 0 bridgehead atoms. The molecule has 1 heterocycles. The Morgan fingerprint density at radius 2 is 2.19 bits per heavy atom. The lowest BCUT2D eigenvalue weighted by Crippen LogP contribution is -2.27. The minimum atomic E-state index is -0.291. The molecule has 16 heavy (non-hydrogen) atoms. The number of phenols is 1. The average molecular weight is 224 g/mol. The summed E-state index contributed by atoms with van der Waals surface area (Å²) in [5.41, 5.74) is 0.668. The predicted octanol–water partition coefficient (Wildman–Crippen LogP) is 1.33. The zero-order valence-corrected chi connectivity index (χ0v) is 9.25. The molecule has 0 spiro atoms. The smallest absolute Gasteiger partial charge is 0.123 e. The zero-order valence-electron chi connectivity index (χ0n) is 9.25. The van der Waals surface area contributed by atoms with Crippen LogP contribution in [-0.4, -0.2) is 36.2 Å². The molecule has 1 aliphatic rings. The van der Waals surface area contributed by atoms with Crippen LogP contribution in [0.1, 0.15) is 12.0 Å². The van der Waals surface area contributed by atoms with Gasteiger partial charge >= 0.3 is 0 Å². The fraction of sp³-hybridized carbons (Fsp3) is 0.500. The Morgan fingerprint density at radius 1 is 1.31 bits per heavy atom. The van der Waals surface area contributed by atoms with Gasteiger partial charge in [-0.2, -0.15) is 0 Å². The maximum Gasteiger partial charge on any atom is 0.123 e. The molecule has 1 aromatic carbocycles. The molecule has 0 radical (unpaired) electrons. The predicted molar refractivity (Wildman–Crippen MR) is 60.8 cm³/mol. The van der Waals surface area contributed by atoms with Crippen molar-refractivity contribution in [1.29, 1.82) is 0 Å². The van der Waals surface area contributed by atoms with Crippen molar-refractivity contribution < 1.29 is 9.50 Å². The van der Waals surface area contributed by atoms with E-state index in [-0.39, 0.29) is 11.6 Å². The maximum atomic E-state index is 13.0.